The number of para-hydroxylation sites is 1. The molecule has 1 aliphatic rings. The molecular weight excluding hydrogens is 498 g/mol. The molecule has 0 radical (unpaired) electrons. The number of H-pyrrole nitrogens is 1. The fourth-order valence-electron chi connectivity index (χ4n) is 5.02. The second-order valence-corrected chi connectivity index (χ2v) is 10.8. The number of nitrogens with zero attached hydrogens (tertiary/aromatic N) is 2. The number of rotatable bonds is 4. The molecule has 6 rings (SSSR count). The number of pyridine rings is 1. The van der Waals surface area contributed by atoms with Crippen LogP contribution in [0.1, 0.15) is 62.9 Å². The van der Waals surface area contributed by atoms with Gasteiger partial charge in [0.15, 0.2) is 11.9 Å². The molecule has 5 aromatic rings. The van der Waals surface area contributed by atoms with Crippen LogP contribution in [0.3, 0.4) is 0 Å². The van der Waals surface area contributed by atoms with Gasteiger partial charge in [-0.15, -0.1) is 11.3 Å². The van der Waals surface area contributed by atoms with Crippen molar-refractivity contribution < 1.29 is 14.6 Å². The highest BCUT2D eigenvalue weighted by Crippen LogP contribution is 2.38. The Hall–Kier alpha value is -4.30. The van der Waals surface area contributed by atoms with Gasteiger partial charge in [0.1, 0.15) is 10.6 Å². The summed E-state index contributed by atoms with van der Waals surface area (Å²) in [5, 5.41) is 10.9. The van der Waals surface area contributed by atoms with Crippen LogP contribution in [-0.4, -0.2) is 26.0 Å². The number of aromatic hydroxyl groups is 1. The SMILES string of the molecule is Cc1sc2nc(C(C)OC(=O)c3c4c(nc5ccccc35)/C(=C/c3ccc(O)cc3)CC4)[nH]c(=O)c2c1C. The number of hydrogen-bond acceptors (Lipinski definition) is 7. The number of allylic oxidation sites excluding steroid dienone is 1. The molecule has 3 aromatic heterocycles. The number of phenolic OH excluding ortho intramolecular Hbond substituents is 1. The zero-order valence-electron chi connectivity index (χ0n) is 21.2. The lowest BCUT2D eigenvalue weighted by atomic mass is 10.0. The van der Waals surface area contributed by atoms with Crippen LogP contribution in [0, 0.1) is 13.8 Å². The fourth-order valence-corrected chi connectivity index (χ4v) is 6.06. The highest BCUT2D eigenvalue weighted by Gasteiger charge is 2.29. The molecule has 0 saturated heterocycles. The predicted octanol–water partition coefficient (Wildman–Crippen LogP) is 6.26. The van der Waals surface area contributed by atoms with Crippen LogP contribution in [-0.2, 0) is 11.2 Å². The molecule has 0 amide bonds. The number of hydrogen-bond donors (Lipinski definition) is 2. The third-order valence-electron chi connectivity index (χ3n) is 7.11. The van der Waals surface area contributed by atoms with Crippen LogP contribution in [0.4, 0.5) is 0 Å². The van der Waals surface area contributed by atoms with Gasteiger partial charge in [0, 0.05) is 10.3 Å². The molecule has 0 fully saturated rings. The van der Waals surface area contributed by atoms with Crippen molar-refractivity contribution in [2.24, 2.45) is 0 Å². The first kappa shape index (κ1) is 24.1. The Morgan fingerprint density at radius 3 is 2.66 bits per heavy atom. The summed E-state index contributed by atoms with van der Waals surface area (Å²) >= 11 is 1.46. The van der Waals surface area contributed by atoms with Gasteiger partial charge in [-0.05, 0) is 80.2 Å². The van der Waals surface area contributed by atoms with E-state index >= 15 is 0 Å². The Bertz CT molecular complexity index is 1830. The summed E-state index contributed by atoms with van der Waals surface area (Å²) in [4.78, 5) is 40.5. The number of carbonyl (C=O) groups is 1. The molecule has 0 spiro atoms. The number of fused-ring (bicyclic) bond motifs is 3. The smallest absolute Gasteiger partial charge is 0.339 e. The molecule has 0 bridgehead atoms. The Balaban J connectivity index is 1.39. The number of phenols is 1. The van der Waals surface area contributed by atoms with Crippen molar-refractivity contribution in [1.82, 2.24) is 15.0 Å². The number of aromatic nitrogens is 3. The van der Waals surface area contributed by atoms with E-state index in [-0.39, 0.29) is 11.3 Å². The monoisotopic (exact) mass is 523 g/mol. The summed E-state index contributed by atoms with van der Waals surface area (Å²) in [6.45, 7) is 5.59. The summed E-state index contributed by atoms with van der Waals surface area (Å²) in [6, 6.07) is 14.5. The van der Waals surface area contributed by atoms with E-state index in [1.54, 1.807) is 19.1 Å². The van der Waals surface area contributed by atoms with E-state index in [2.05, 4.69) is 9.97 Å². The molecular formula is C30H25N3O4S. The molecule has 2 N–H and O–H groups in total. The van der Waals surface area contributed by atoms with E-state index in [0.717, 1.165) is 44.6 Å². The minimum absolute atomic E-state index is 0.210. The maximum Gasteiger partial charge on any atom is 0.339 e. The maximum atomic E-state index is 13.7. The van der Waals surface area contributed by atoms with E-state index in [1.807, 2.05) is 56.3 Å². The number of benzene rings is 2. The largest absolute Gasteiger partial charge is 0.508 e. The summed E-state index contributed by atoms with van der Waals surface area (Å²) in [6.07, 6.45) is 2.68. The zero-order valence-corrected chi connectivity index (χ0v) is 22.0. The molecule has 3 heterocycles. The van der Waals surface area contributed by atoms with E-state index in [9.17, 15) is 14.7 Å². The summed E-state index contributed by atoms with van der Waals surface area (Å²) in [5.74, 6) is 0.0566. The van der Waals surface area contributed by atoms with Crippen molar-refractivity contribution in [3.05, 3.63) is 97.5 Å². The Morgan fingerprint density at radius 1 is 1.11 bits per heavy atom. The average molecular weight is 524 g/mol. The second kappa shape index (κ2) is 9.22. The number of aromatic amines is 1. The van der Waals surface area contributed by atoms with E-state index in [4.69, 9.17) is 9.72 Å². The molecule has 38 heavy (non-hydrogen) atoms. The van der Waals surface area contributed by atoms with Crippen molar-refractivity contribution in [3.8, 4) is 5.75 Å². The van der Waals surface area contributed by atoms with Gasteiger partial charge in [-0.25, -0.2) is 14.8 Å². The summed E-state index contributed by atoms with van der Waals surface area (Å²) in [5.41, 5.74) is 5.51. The minimum atomic E-state index is -0.752. The normalized spacial score (nSPS) is 14.8. The zero-order chi connectivity index (χ0) is 26.6. The molecule has 1 atom stereocenters. The lowest BCUT2D eigenvalue weighted by Crippen LogP contribution is -2.18. The van der Waals surface area contributed by atoms with Crippen molar-refractivity contribution in [2.45, 2.75) is 39.7 Å². The summed E-state index contributed by atoms with van der Waals surface area (Å²) < 4.78 is 5.92. The first-order valence-electron chi connectivity index (χ1n) is 12.4. The number of nitrogens with one attached hydrogen (secondary N) is 1. The Morgan fingerprint density at radius 2 is 1.87 bits per heavy atom. The molecule has 2 aromatic carbocycles. The first-order valence-corrected chi connectivity index (χ1v) is 13.2. The molecule has 7 nitrogen and oxygen atoms in total. The van der Waals surface area contributed by atoms with Gasteiger partial charge in [0.05, 0.1) is 22.2 Å². The van der Waals surface area contributed by atoms with Crippen LogP contribution < -0.4 is 5.56 Å². The lowest BCUT2D eigenvalue weighted by molar-refractivity contribution is 0.0321. The number of ether oxygens (including phenoxy) is 1. The molecule has 1 unspecified atom stereocenters. The standard InChI is InChI=1S/C30H25N3O4S/c1-15-17(3)38-29-24(15)28(35)32-27(33-29)16(2)37-30(36)25-21-6-4-5-7-23(21)31-26-19(10-13-22(25)26)14-18-8-11-20(34)12-9-18/h4-9,11-12,14,16,34H,10,13H2,1-3H3,(H,32,33,35)/b19-14+. The van der Waals surface area contributed by atoms with Crippen molar-refractivity contribution in [1.29, 1.82) is 0 Å². The van der Waals surface area contributed by atoms with Crippen LogP contribution in [0.5, 0.6) is 5.75 Å². The van der Waals surface area contributed by atoms with Crippen molar-refractivity contribution in [2.75, 3.05) is 0 Å². The van der Waals surface area contributed by atoms with Crippen LogP contribution in [0.15, 0.2) is 53.3 Å². The van der Waals surface area contributed by atoms with Crippen LogP contribution in [0.25, 0.3) is 32.8 Å². The Labute approximate surface area is 222 Å². The van der Waals surface area contributed by atoms with Gasteiger partial charge >= 0.3 is 5.97 Å². The van der Waals surface area contributed by atoms with Crippen LogP contribution >= 0.6 is 11.3 Å². The topological polar surface area (TPSA) is 105 Å². The highest BCUT2D eigenvalue weighted by molar-refractivity contribution is 7.18. The highest BCUT2D eigenvalue weighted by atomic mass is 32.1. The van der Waals surface area contributed by atoms with E-state index in [1.165, 1.54) is 11.3 Å². The third kappa shape index (κ3) is 4.07. The number of carbonyl (C=O) groups excluding carboxylic acids is 1. The number of aryl methyl sites for hydroxylation is 2. The van der Waals surface area contributed by atoms with Gasteiger partial charge in [-0.1, -0.05) is 30.3 Å². The van der Waals surface area contributed by atoms with Crippen molar-refractivity contribution in [3.63, 3.8) is 0 Å². The predicted molar refractivity (Wildman–Crippen MR) is 150 cm³/mol. The molecule has 0 saturated carbocycles. The van der Waals surface area contributed by atoms with Gasteiger partial charge < -0.3 is 14.8 Å². The fraction of sp³-hybridized carbons (Fsp3) is 0.200. The molecule has 190 valence electrons. The summed E-state index contributed by atoms with van der Waals surface area (Å²) in [7, 11) is 0. The first-order chi connectivity index (χ1) is 18.3. The second-order valence-electron chi connectivity index (χ2n) is 9.55. The van der Waals surface area contributed by atoms with Gasteiger partial charge in [0.2, 0.25) is 0 Å². The average Bonchev–Trinajstić information content (AvgIpc) is 3.43. The van der Waals surface area contributed by atoms with Gasteiger partial charge in [-0.2, -0.15) is 0 Å². The minimum Gasteiger partial charge on any atom is -0.508 e. The van der Waals surface area contributed by atoms with Gasteiger partial charge in [0.25, 0.3) is 5.56 Å². The van der Waals surface area contributed by atoms with Crippen LogP contribution in [0.2, 0.25) is 0 Å². The van der Waals surface area contributed by atoms with E-state index in [0.29, 0.717) is 33.5 Å². The number of esters is 1. The number of thiophene rings is 1. The Kier molecular flexibility index (Phi) is 5.84. The van der Waals surface area contributed by atoms with E-state index < -0.39 is 12.1 Å². The molecule has 1 aliphatic carbocycles. The third-order valence-corrected chi connectivity index (χ3v) is 8.21. The quantitative estimate of drug-likeness (QED) is 0.269. The molecule has 8 heteroatoms. The van der Waals surface area contributed by atoms with Crippen molar-refractivity contribution >= 4 is 50.1 Å². The molecule has 0 aliphatic heterocycles. The lowest BCUT2D eigenvalue weighted by Gasteiger charge is -2.16. The maximum absolute atomic E-state index is 13.7. The van der Waals surface area contributed by atoms with Gasteiger partial charge in [-0.3, -0.25) is 4.79 Å².